The first kappa shape index (κ1) is 29.9. The van der Waals surface area contributed by atoms with Gasteiger partial charge in [0.2, 0.25) is 0 Å². The molecule has 1 aliphatic rings. The number of rotatable bonds is 23. The molecule has 0 bridgehead atoms. The quantitative estimate of drug-likeness (QED) is 0.140. The van der Waals surface area contributed by atoms with Gasteiger partial charge in [0, 0.05) is 13.2 Å². The Kier molecular flexibility index (Phi) is 15.7. The SMILES string of the molecule is CCC1C(CCCCCCCCOCc2ccccc2)C1CCCCCCCCOCc1ccccc1. The van der Waals surface area contributed by atoms with Crippen LogP contribution in [0, 0.1) is 17.8 Å². The molecule has 2 aromatic carbocycles. The average Bonchev–Trinajstić information content (AvgIpc) is 3.62. The molecule has 0 spiro atoms. The van der Waals surface area contributed by atoms with Crippen LogP contribution < -0.4 is 0 Å². The van der Waals surface area contributed by atoms with Gasteiger partial charge in [-0.2, -0.15) is 0 Å². The smallest absolute Gasteiger partial charge is 0.0716 e. The molecule has 2 aromatic rings. The van der Waals surface area contributed by atoms with E-state index in [9.17, 15) is 0 Å². The summed E-state index contributed by atoms with van der Waals surface area (Å²) in [6, 6.07) is 21.0. The lowest BCUT2D eigenvalue weighted by Gasteiger charge is -2.05. The van der Waals surface area contributed by atoms with Crippen molar-refractivity contribution in [3.05, 3.63) is 71.8 Å². The third-order valence-electron chi connectivity index (χ3n) is 8.36. The summed E-state index contributed by atoms with van der Waals surface area (Å²) in [4.78, 5) is 0. The van der Waals surface area contributed by atoms with Crippen LogP contribution in [0.15, 0.2) is 60.7 Å². The fraction of sp³-hybridized carbons (Fsp3) is 0.657. The Morgan fingerprint density at radius 3 is 1.24 bits per heavy atom. The number of hydrogen-bond acceptors (Lipinski definition) is 2. The Morgan fingerprint density at radius 2 is 0.838 bits per heavy atom. The van der Waals surface area contributed by atoms with Crippen molar-refractivity contribution in [2.45, 2.75) is 116 Å². The first-order chi connectivity index (χ1) is 18.4. The molecule has 0 heterocycles. The molecule has 37 heavy (non-hydrogen) atoms. The van der Waals surface area contributed by atoms with Crippen LogP contribution in [0.5, 0.6) is 0 Å². The molecule has 0 aromatic heterocycles. The van der Waals surface area contributed by atoms with Gasteiger partial charge in [-0.3, -0.25) is 0 Å². The summed E-state index contributed by atoms with van der Waals surface area (Å²) in [6.07, 6.45) is 20.8. The predicted molar refractivity (Wildman–Crippen MR) is 158 cm³/mol. The van der Waals surface area contributed by atoms with Crippen molar-refractivity contribution in [2.75, 3.05) is 13.2 Å². The lowest BCUT2D eigenvalue weighted by atomic mass is 10.0. The maximum atomic E-state index is 5.81. The first-order valence-electron chi connectivity index (χ1n) is 15.6. The van der Waals surface area contributed by atoms with Gasteiger partial charge in [0.05, 0.1) is 13.2 Å². The maximum absolute atomic E-state index is 5.81. The Hall–Kier alpha value is -1.64. The second-order valence-electron chi connectivity index (χ2n) is 11.3. The van der Waals surface area contributed by atoms with E-state index < -0.39 is 0 Å². The summed E-state index contributed by atoms with van der Waals surface area (Å²) >= 11 is 0. The Labute approximate surface area is 228 Å². The van der Waals surface area contributed by atoms with Gasteiger partial charge in [0.15, 0.2) is 0 Å². The Morgan fingerprint density at radius 1 is 0.459 bits per heavy atom. The molecule has 0 amide bonds. The normalized spacial score (nSPS) is 18.8. The fourth-order valence-corrected chi connectivity index (χ4v) is 6.10. The summed E-state index contributed by atoms with van der Waals surface area (Å²) in [5, 5.41) is 0. The first-order valence-corrected chi connectivity index (χ1v) is 15.6. The van der Waals surface area contributed by atoms with Gasteiger partial charge in [-0.25, -0.2) is 0 Å². The minimum atomic E-state index is 0.757. The second-order valence-corrected chi connectivity index (χ2v) is 11.3. The fourth-order valence-electron chi connectivity index (χ4n) is 6.10. The zero-order valence-electron chi connectivity index (χ0n) is 23.8. The zero-order valence-corrected chi connectivity index (χ0v) is 23.8. The third-order valence-corrected chi connectivity index (χ3v) is 8.36. The van der Waals surface area contributed by atoms with Crippen molar-refractivity contribution < 1.29 is 9.47 Å². The van der Waals surface area contributed by atoms with Crippen molar-refractivity contribution >= 4 is 0 Å². The van der Waals surface area contributed by atoms with Crippen molar-refractivity contribution in [2.24, 2.45) is 17.8 Å². The summed E-state index contributed by atoms with van der Waals surface area (Å²) in [5.74, 6) is 3.15. The van der Waals surface area contributed by atoms with E-state index in [2.05, 4.69) is 67.6 Å². The predicted octanol–water partition coefficient (Wildman–Crippen LogP) is 10.2. The zero-order chi connectivity index (χ0) is 25.8. The summed E-state index contributed by atoms with van der Waals surface area (Å²) < 4.78 is 11.6. The van der Waals surface area contributed by atoms with E-state index >= 15 is 0 Å². The molecule has 1 fully saturated rings. The summed E-state index contributed by atoms with van der Waals surface area (Å²) in [5.41, 5.74) is 2.56. The molecular weight excluding hydrogens is 452 g/mol. The van der Waals surface area contributed by atoms with E-state index in [1.807, 2.05) is 0 Å². The minimum absolute atomic E-state index is 0.757. The molecule has 3 rings (SSSR count). The van der Waals surface area contributed by atoms with E-state index in [0.717, 1.165) is 44.2 Å². The molecule has 2 unspecified atom stereocenters. The van der Waals surface area contributed by atoms with Crippen LogP contribution in [-0.2, 0) is 22.7 Å². The summed E-state index contributed by atoms with van der Waals surface area (Å²) in [7, 11) is 0. The molecule has 0 radical (unpaired) electrons. The number of unbranched alkanes of at least 4 members (excludes halogenated alkanes) is 10. The van der Waals surface area contributed by atoms with Gasteiger partial charge < -0.3 is 9.47 Å². The van der Waals surface area contributed by atoms with Crippen LogP contribution in [0.4, 0.5) is 0 Å². The molecule has 2 nitrogen and oxygen atoms in total. The van der Waals surface area contributed by atoms with Crippen LogP contribution >= 0.6 is 0 Å². The van der Waals surface area contributed by atoms with Crippen LogP contribution in [-0.4, -0.2) is 13.2 Å². The molecule has 0 aliphatic heterocycles. The van der Waals surface area contributed by atoms with E-state index in [1.165, 1.54) is 107 Å². The van der Waals surface area contributed by atoms with Crippen LogP contribution in [0.3, 0.4) is 0 Å². The topological polar surface area (TPSA) is 18.5 Å². The van der Waals surface area contributed by atoms with Gasteiger partial charge in [0.1, 0.15) is 0 Å². The lowest BCUT2D eigenvalue weighted by molar-refractivity contribution is 0.116. The average molecular weight is 507 g/mol. The van der Waals surface area contributed by atoms with Crippen molar-refractivity contribution in [3.63, 3.8) is 0 Å². The van der Waals surface area contributed by atoms with Crippen molar-refractivity contribution in [1.29, 1.82) is 0 Å². The Bertz CT molecular complexity index is 709. The highest BCUT2D eigenvalue weighted by Gasteiger charge is 2.46. The van der Waals surface area contributed by atoms with Gasteiger partial charge in [-0.05, 0) is 54.6 Å². The number of benzene rings is 2. The van der Waals surface area contributed by atoms with Gasteiger partial charge in [0.25, 0.3) is 0 Å². The largest absolute Gasteiger partial charge is 0.377 e. The van der Waals surface area contributed by atoms with E-state index in [0.29, 0.717) is 0 Å². The van der Waals surface area contributed by atoms with E-state index in [-0.39, 0.29) is 0 Å². The lowest BCUT2D eigenvalue weighted by Crippen LogP contribution is -1.95. The summed E-state index contributed by atoms with van der Waals surface area (Å²) in [6.45, 7) is 5.73. The van der Waals surface area contributed by atoms with Crippen LogP contribution in [0.2, 0.25) is 0 Å². The molecule has 2 atom stereocenters. The van der Waals surface area contributed by atoms with E-state index in [4.69, 9.17) is 9.47 Å². The monoisotopic (exact) mass is 506 g/mol. The third kappa shape index (κ3) is 13.1. The molecule has 0 saturated heterocycles. The molecule has 2 heteroatoms. The molecular formula is C35H54O2. The molecule has 1 saturated carbocycles. The van der Waals surface area contributed by atoms with Crippen LogP contribution in [0.1, 0.15) is 114 Å². The number of ether oxygens (including phenoxy) is 2. The van der Waals surface area contributed by atoms with Crippen molar-refractivity contribution in [1.82, 2.24) is 0 Å². The van der Waals surface area contributed by atoms with Crippen LogP contribution in [0.25, 0.3) is 0 Å². The minimum Gasteiger partial charge on any atom is -0.377 e. The van der Waals surface area contributed by atoms with Gasteiger partial charge in [-0.1, -0.05) is 138 Å². The molecule has 1 aliphatic carbocycles. The highest BCUT2D eigenvalue weighted by atomic mass is 16.5. The second kappa shape index (κ2) is 19.4. The highest BCUT2D eigenvalue weighted by Crippen LogP contribution is 2.54. The maximum Gasteiger partial charge on any atom is 0.0716 e. The Balaban J connectivity index is 1.06. The molecule has 0 N–H and O–H groups in total. The molecule has 206 valence electrons. The standard InChI is InChI=1S/C35H54O2/c1-2-33-34(25-17-7-3-5-9-19-27-36-29-31-21-13-11-14-22-31)35(33)26-18-8-4-6-10-20-28-37-30-32-23-15-12-16-24-32/h11-16,21-24,33-35H,2-10,17-20,25-30H2,1H3. The van der Waals surface area contributed by atoms with Gasteiger partial charge >= 0.3 is 0 Å². The van der Waals surface area contributed by atoms with Crippen molar-refractivity contribution in [3.8, 4) is 0 Å². The van der Waals surface area contributed by atoms with E-state index in [1.54, 1.807) is 0 Å². The highest BCUT2D eigenvalue weighted by molar-refractivity contribution is 5.14. The van der Waals surface area contributed by atoms with Gasteiger partial charge in [-0.15, -0.1) is 0 Å². The number of hydrogen-bond donors (Lipinski definition) is 0.